The molecule has 0 aromatic heterocycles. The van der Waals surface area contributed by atoms with Gasteiger partial charge in [0.1, 0.15) is 5.78 Å². The number of rotatable bonds is 2. The summed E-state index contributed by atoms with van der Waals surface area (Å²) in [6, 6.07) is 7.23. The molecule has 3 nitrogen and oxygen atoms in total. The van der Waals surface area contributed by atoms with Crippen LogP contribution in [0.1, 0.15) is 48.9 Å². The Balaban J connectivity index is 1.82. The largest absolute Gasteiger partial charge is 0.335 e. The zero-order valence-corrected chi connectivity index (χ0v) is 12.8. The number of Topliss-reactive ketones (excluding diaryl/α,β-unsaturated/α-hetero) is 1. The first kappa shape index (κ1) is 14.6. The Labute approximate surface area is 130 Å². The molecule has 2 unspecified atom stereocenters. The first-order valence-corrected chi connectivity index (χ1v) is 8.14. The van der Waals surface area contributed by atoms with Crippen LogP contribution in [-0.4, -0.2) is 29.2 Å². The number of carbonyl (C=O) groups excluding carboxylic acids is 2. The van der Waals surface area contributed by atoms with Crippen molar-refractivity contribution in [3.63, 3.8) is 0 Å². The van der Waals surface area contributed by atoms with Crippen LogP contribution in [0, 0.1) is 5.92 Å². The van der Waals surface area contributed by atoms with E-state index in [-0.39, 0.29) is 17.9 Å². The number of ketones is 1. The van der Waals surface area contributed by atoms with Gasteiger partial charge in [-0.3, -0.25) is 9.59 Å². The summed E-state index contributed by atoms with van der Waals surface area (Å²) in [6.07, 6.45) is 5.61. The van der Waals surface area contributed by atoms with E-state index in [1.54, 1.807) is 12.1 Å². The van der Waals surface area contributed by atoms with E-state index in [0.29, 0.717) is 22.8 Å². The molecule has 1 aromatic rings. The smallest absolute Gasteiger partial charge is 0.255 e. The third-order valence-electron chi connectivity index (χ3n) is 4.73. The number of benzene rings is 1. The molecule has 0 N–H and O–H groups in total. The number of carbonyl (C=O) groups is 2. The Morgan fingerprint density at radius 3 is 2.71 bits per heavy atom. The normalized spacial score (nSPS) is 26.1. The van der Waals surface area contributed by atoms with Gasteiger partial charge >= 0.3 is 0 Å². The summed E-state index contributed by atoms with van der Waals surface area (Å²) in [5.74, 6) is 0.347. The lowest BCUT2D eigenvalue weighted by atomic mass is 9.81. The van der Waals surface area contributed by atoms with E-state index in [1.807, 2.05) is 17.0 Å². The summed E-state index contributed by atoms with van der Waals surface area (Å²) >= 11 is 6.15. The van der Waals surface area contributed by atoms with Gasteiger partial charge in [0.15, 0.2) is 0 Å². The molecule has 21 heavy (non-hydrogen) atoms. The number of hydrogen-bond acceptors (Lipinski definition) is 2. The summed E-state index contributed by atoms with van der Waals surface area (Å²) in [6.45, 7) is 0.735. The quantitative estimate of drug-likeness (QED) is 0.835. The summed E-state index contributed by atoms with van der Waals surface area (Å²) in [5, 5.41) is 0.489. The highest BCUT2D eigenvalue weighted by Crippen LogP contribution is 2.33. The molecule has 0 bridgehead atoms. The molecule has 1 amide bonds. The van der Waals surface area contributed by atoms with E-state index >= 15 is 0 Å². The van der Waals surface area contributed by atoms with Crippen LogP contribution in [0.3, 0.4) is 0 Å². The van der Waals surface area contributed by atoms with Crippen molar-refractivity contribution in [2.24, 2.45) is 5.92 Å². The first-order valence-electron chi connectivity index (χ1n) is 7.76. The van der Waals surface area contributed by atoms with Crippen LogP contribution >= 0.6 is 11.6 Å². The molecule has 4 heteroatoms. The van der Waals surface area contributed by atoms with Crippen LogP contribution < -0.4 is 0 Å². The minimum absolute atomic E-state index is 0.0264. The van der Waals surface area contributed by atoms with E-state index in [2.05, 4.69) is 0 Å². The lowest BCUT2D eigenvalue weighted by Gasteiger charge is -2.33. The van der Waals surface area contributed by atoms with Crippen molar-refractivity contribution < 1.29 is 9.59 Å². The number of likely N-dealkylation sites (tertiary alicyclic amines) is 1. The minimum Gasteiger partial charge on any atom is -0.335 e. The maximum atomic E-state index is 12.8. The van der Waals surface area contributed by atoms with Crippen molar-refractivity contribution in [3.05, 3.63) is 34.9 Å². The zero-order chi connectivity index (χ0) is 14.8. The Morgan fingerprint density at radius 2 is 1.95 bits per heavy atom. The molecular formula is C17H20ClNO2. The number of nitrogens with zero attached hydrogens (tertiary/aromatic N) is 1. The molecule has 1 aliphatic carbocycles. The molecular weight excluding hydrogens is 286 g/mol. The van der Waals surface area contributed by atoms with Gasteiger partial charge < -0.3 is 4.90 Å². The van der Waals surface area contributed by atoms with E-state index in [4.69, 9.17) is 11.6 Å². The van der Waals surface area contributed by atoms with Crippen LogP contribution in [0.2, 0.25) is 5.02 Å². The maximum absolute atomic E-state index is 12.8. The van der Waals surface area contributed by atoms with E-state index < -0.39 is 0 Å². The van der Waals surface area contributed by atoms with E-state index in [1.165, 1.54) is 0 Å². The fourth-order valence-corrected chi connectivity index (χ4v) is 3.89. The summed E-state index contributed by atoms with van der Waals surface area (Å²) in [5.41, 5.74) is 0.550. The van der Waals surface area contributed by atoms with Crippen molar-refractivity contribution in [2.45, 2.75) is 44.6 Å². The molecule has 1 aromatic carbocycles. The summed E-state index contributed by atoms with van der Waals surface area (Å²) in [4.78, 5) is 26.8. The fourth-order valence-electron chi connectivity index (χ4n) is 3.67. The van der Waals surface area contributed by atoms with Gasteiger partial charge in [0.25, 0.3) is 5.91 Å². The summed E-state index contributed by atoms with van der Waals surface area (Å²) < 4.78 is 0. The van der Waals surface area contributed by atoms with Crippen molar-refractivity contribution in [3.8, 4) is 0 Å². The molecule has 0 radical (unpaired) electrons. The topological polar surface area (TPSA) is 37.4 Å². The van der Waals surface area contributed by atoms with Gasteiger partial charge in [-0.25, -0.2) is 0 Å². The van der Waals surface area contributed by atoms with Gasteiger partial charge in [0.2, 0.25) is 0 Å². The second-order valence-corrected chi connectivity index (χ2v) is 6.41. The third kappa shape index (κ3) is 2.84. The van der Waals surface area contributed by atoms with Crippen molar-refractivity contribution in [2.75, 3.05) is 6.54 Å². The Morgan fingerprint density at radius 1 is 1.14 bits per heavy atom. The van der Waals surface area contributed by atoms with Crippen LogP contribution in [0.25, 0.3) is 0 Å². The second-order valence-electron chi connectivity index (χ2n) is 6.01. The van der Waals surface area contributed by atoms with Crippen molar-refractivity contribution in [1.29, 1.82) is 0 Å². The van der Waals surface area contributed by atoms with Gasteiger partial charge in [-0.15, -0.1) is 0 Å². The number of halogens is 1. The average molecular weight is 306 g/mol. The molecule has 1 aliphatic heterocycles. The Hall–Kier alpha value is -1.35. The molecule has 1 saturated heterocycles. The monoisotopic (exact) mass is 305 g/mol. The maximum Gasteiger partial charge on any atom is 0.255 e. The third-order valence-corrected chi connectivity index (χ3v) is 5.06. The Kier molecular flexibility index (Phi) is 4.29. The molecule has 2 aliphatic rings. The predicted molar refractivity (Wildman–Crippen MR) is 82.5 cm³/mol. The van der Waals surface area contributed by atoms with Gasteiger partial charge in [-0.2, -0.15) is 0 Å². The van der Waals surface area contributed by atoms with Crippen molar-refractivity contribution in [1.82, 2.24) is 4.90 Å². The zero-order valence-electron chi connectivity index (χ0n) is 12.1. The minimum atomic E-state index is -0.0264. The number of hydrogen-bond donors (Lipinski definition) is 0. The molecule has 3 rings (SSSR count). The van der Waals surface area contributed by atoms with Gasteiger partial charge in [0.05, 0.1) is 10.6 Å². The molecule has 2 fully saturated rings. The standard InChI is InChI=1S/C17H20ClNO2/c18-14-8-3-1-6-12(14)17(21)19-11-5-9-15(19)13-7-2-4-10-16(13)20/h1,3,6,8,13,15H,2,4-5,7,9-11H2. The van der Waals surface area contributed by atoms with E-state index in [0.717, 1.165) is 38.6 Å². The average Bonchev–Trinajstić information content (AvgIpc) is 2.97. The van der Waals surface area contributed by atoms with Gasteiger partial charge in [-0.1, -0.05) is 30.2 Å². The highest BCUT2D eigenvalue weighted by molar-refractivity contribution is 6.33. The van der Waals surface area contributed by atoms with Crippen LogP contribution in [0.15, 0.2) is 24.3 Å². The SMILES string of the molecule is O=C1CCCCC1C1CCCN1C(=O)c1ccccc1Cl. The molecule has 112 valence electrons. The second kappa shape index (κ2) is 6.18. The first-order chi connectivity index (χ1) is 10.2. The molecule has 0 spiro atoms. The number of amides is 1. The van der Waals surface area contributed by atoms with E-state index in [9.17, 15) is 9.59 Å². The Bertz CT molecular complexity index is 557. The molecule has 2 atom stereocenters. The lowest BCUT2D eigenvalue weighted by molar-refractivity contribution is -0.126. The summed E-state index contributed by atoms with van der Waals surface area (Å²) in [7, 11) is 0. The van der Waals surface area contributed by atoms with Gasteiger partial charge in [0, 0.05) is 24.9 Å². The lowest BCUT2D eigenvalue weighted by Crippen LogP contribution is -2.43. The van der Waals surface area contributed by atoms with Crippen LogP contribution in [0.5, 0.6) is 0 Å². The predicted octanol–water partition coefficient (Wildman–Crippen LogP) is 3.70. The molecule has 1 heterocycles. The highest BCUT2D eigenvalue weighted by atomic mass is 35.5. The van der Waals surface area contributed by atoms with Crippen LogP contribution in [0.4, 0.5) is 0 Å². The highest BCUT2D eigenvalue weighted by Gasteiger charge is 2.39. The molecule has 1 saturated carbocycles. The van der Waals surface area contributed by atoms with Crippen LogP contribution in [-0.2, 0) is 4.79 Å². The fraction of sp³-hybridized carbons (Fsp3) is 0.529. The van der Waals surface area contributed by atoms with Gasteiger partial charge in [-0.05, 0) is 37.8 Å². The van der Waals surface area contributed by atoms with Crippen molar-refractivity contribution >= 4 is 23.3 Å².